The van der Waals surface area contributed by atoms with Crippen molar-refractivity contribution < 1.29 is 14.0 Å². The number of pyridine rings is 1. The highest BCUT2D eigenvalue weighted by Gasteiger charge is 2.21. The molecular formula is C33H26ClFN6O2. The lowest BCUT2D eigenvalue weighted by Crippen LogP contribution is -2.32. The summed E-state index contributed by atoms with van der Waals surface area (Å²) in [6.07, 6.45) is 3.59. The molecule has 0 aliphatic rings. The van der Waals surface area contributed by atoms with Crippen molar-refractivity contribution in [3.8, 4) is 17.9 Å². The second kappa shape index (κ2) is 12.6. The van der Waals surface area contributed by atoms with Gasteiger partial charge in [0.25, 0.3) is 11.8 Å². The Bertz CT molecular complexity index is 1940. The van der Waals surface area contributed by atoms with Crippen molar-refractivity contribution in [1.82, 2.24) is 24.6 Å². The van der Waals surface area contributed by atoms with Gasteiger partial charge in [0, 0.05) is 41.0 Å². The number of nitrogens with one attached hydrogen (secondary N) is 2. The number of nitrogens with zero attached hydrogens (tertiary/aromatic N) is 4. The Kier molecular flexibility index (Phi) is 8.56. The first-order valence-electron chi connectivity index (χ1n) is 13.4. The molecule has 2 N–H and O–H groups in total. The molecule has 0 aliphatic carbocycles. The molecule has 5 rings (SSSR count). The van der Waals surface area contributed by atoms with Crippen molar-refractivity contribution in [2.75, 3.05) is 6.54 Å². The van der Waals surface area contributed by atoms with Crippen molar-refractivity contribution >= 4 is 29.1 Å². The maximum Gasteiger partial charge on any atom is 0.268 e. The van der Waals surface area contributed by atoms with Crippen LogP contribution in [-0.2, 0) is 6.54 Å². The fourth-order valence-electron chi connectivity index (χ4n) is 4.71. The van der Waals surface area contributed by atoms with Gasteiger partial charge in [-0.15, -0.1) is 0 Å². The van der Waals surface area contributed by atoms with E-state index in [4.69, 9.17) is 11.6 Å². The number of halogens is 2. The average molecular weight is 593 g/mol. The van der Waals surface area contributed by atoms with Gasteiger partial charge in [0.15, 0.2) is 0 Å². The minimum Gasteiger partial charge on any atom is -0.350 e. The summed E-state index contributed by atoms with van der Waals surface area (Å²) >= 11 is 6.15. The van der Waals surface area contributed by atoms with Gasteiger partial charge in [0.1, 0.15) is 34.6 Å². The SMILES string of the molecule is Cc1ccc(C(=O)NCCn2c(C#N)ccc2C(=O)N[C@@H](C)c2c(F)cccc2Cl)cc1C#Cc1cnc2ccccn12. The monoisotopic (exact) mass is 592 g/mol. The summed E-state index contributed by atoms with van der Waals surface area (Å²) in [4.78, 5) is 30.5. The van der Waals surface area contributed by atoms with Gasteiger partial charge in [-0.05, 0) is 73.9 Å². The number of carbonyl (C=O) groups excluding carboxylic acids is 2. The summed E-state index contributed by atoms with van der Waals surface area (Å²) in [6, 6.07) is 19.7. The third-order valence-corrected chi connectivity index (χ3v) is 7.30. The first-order valence-corrected chi connectivity index (χ1v) is 13.8. The minimum absolute atomic E-state index is 0.147. The second-order valence-electron chi connectivity index (χ2n) is 9.81. The normalized spacial score (nSPS) is 11.3. The third-order valence-electron chi connectivity index (χ3n) is 6.97. The maximum atomic E-state index is 14.3. The number of benzene rings is 2. The second-order valence-corrected chi connectivity index (χ2v) is 10.2. The van der Waals surface area contributed by atoms with Crippen LogP contribution in [0.15, 0.2) is 79.1 Å². The predicted octanol–water partition coefficient (Wildman–Crippen LogP) is 5.43. The summed E-state index contributed by atoms with van der Waals surface area (Å²) in [5.41, 5.74) is 4.20. The molecule has 0 spiro atoms. The molecule has 2 aromatic carbocycles. The molecule has 0 fully saturated rings. The molecule has 10 heteroatoms. The van der Waals surface area contributed by atoms with Crippen LogP contribution in [0.4, 0.5) is 4.39 Å². The minimum atomic E-state index is -0.721. The van der Waals surface area contributed by atoms with Crippen LogP contribution in [0.1, 0.15) is 61.9 Å². The molecule has 8 nitrogen and oxygen atoms in total. The molecule has 0 bridgehead atoms. The quantitative estimate of drug-likeness (QED) is 0.246. The highest BCUT2D eigenvalue weighted by Crippen LogP contribution is 2.26. The van der Waals surface area contributed by atoms with Gasteiger partial charge in [-0.25, -0.2) is 9.37 Å². The van der Waals surface area contributed by atoms with E-state index in [0.29, 0.717) is 11.1 Å². The van der Waals surface area contributed by atoms with Gasteiger partial charge in [0.05, 0.1) is 12.2 Å². The number of amides is 2. The van der Waals surface area contributed by atoms with Crippen molar-refractivity contribution in [3.05, 3.63) is 129 Å². The first kappa shape index (κ1) is 29.1. The van der Waals surface area contributed by atoms with Crippen molar-refractivity contribution in [2.45, 2.75) is 26.4 Å². The Morgan fingerprint density at radius 1 is 1.05 bits per heavy atom. The maximum absolute atomic E-state index is 14.3. The summed E-state index contributed by atoms with van der Waals surface area (Å²) in [5, 5.41) is 15.4. The molecule has 3 aromatic heterocycles. The number of imidazole rings is 1. The van der Waals surface area contributed by atoms with Crippen LogP contribution in [0, 0.1) is 35.9 Å². The Morgan fingerprint density at radius 3 is 2.67 bits per heavy atom. The largest absolute Gasteiger partial charge is 0.350 e. The number of hydrogen-bond acceptors (Lipinski definition) is 4. The van der Waals surface area contributed by atoms with Gasteiger partial charge < -0.3 is 15.2 Å². The summed E-state index contributed by atoms with van der Waals surface area (Å²) in [7, 11) is 0. The average Bonchev–Trinajstić information content (AvgIpc) is 3.60. The number of nitriles is 1. The highest BCUT2D eigenvalue weighted by molar-refractivity contribution is 6.31. The van der Waals surface area contributed by atoms with E-state index in [1.807, 2.05) is 41.8 Å². The Labute approximate surface area is 252 Å². The van der Waals surface area contributed by atoms with Gasteiger partial charge in [-0.2, -0.15) is 5.26 Å². The third kappa shape index (κ3) is 6.28. The summed E-state index contributed by atoms with van der Waals surface area (Å²) in [5.74, 6) is 4.91. The number of rotatable bonds is 7. The van der Waals surface area contributed by atoms with Gasteiger partial charge in [-0.1, -0.05) is 35.7 Å². The number of fused-ring (bicyclic) bond motifs is 1. The molecule has 2 amide bonds. The van der Waals surface area contributed by atoms with Crippen molar-refractivity contribution in [1.29, 1.82) is 5.26 Å². The zero-order valence-electron chi connectivity index (χ0n) is 23.4. The lowest BCUT2D eigenvalue weighted by atomic mass is 10.0. The van der Waals surface area contributed by atoms with E-state index in [9.17, 15) is 19.2 Å². The molecule has 214 valence electrons. The van der Waals surface area contributed by atoms with Crippen molar-refractivity contribution in [3.63, 3.8) is 0 Å². The van der Waals surface area contributed by atoms with E-state index in [0.717, 1.165) is 16.9 Å². The van der Waals surface area contributed by atoms with E-state index in [1.54, 1.807) is 31.3 Å². The van der Waals surface area contributed by atoms with Gasteiger partial charge in [-0.3, -0.25) is 14.0 Å². The molecule has 43 heavy (non-hydrogen) atoms. The van der Waals surface area contributed by atoms with Crippen molar-refractivity contribution in [2.24, 2.45) is 0 Å². The number of aryl methyl sites for hydroxylation is 1. The molecular weight excluding hydrogens is 567 g/mol. The van der Waals surface area contributed by atoms with Crippen LogP contribution in [0.2, 0.25) is 5.02 Å². The van der Waals surface area contributed by atoms with Crippen LogP contribution < -0.4 is 10.6 Å². The van der Waals surface area contributed by atoms with Crippen LogP contribution in [-0.4, -0.2) is 32.3 Å². The van der Waals surface area contributed by atoms with Crippen LogP contribution >= 0.6 is 11.6 Å². The molecule has 1 atom stereocenters. The zero-order valence-corrected chi connectivity index (χ0v) is 24.1. The molecule has 0 aliphatic heterocycles. The molecule has 3 heterocycles. The molecule has 0 unspecified atom stereocenters. The molecule has 0 saturated carbocycles. The summed E-state index contributed by atoms with van der Waals surface area (Å²) in [6.45, 7) is 3.85. The zero-order chi connectivity index (χ0) is 30.5. The van der Waals surface area contributed by atoms with Gasteiger partial charge >= 0.3 is 0 Å². The van der Waals surface area contributed by atoms with Crippen LogP contribution in [0.5, 0.6) is 0 Å². The predicted molar refractivity (Wildman–Crippen MR) is 161 cm³/mol. The van der Waals surface area contributed by atoms with Gasteiger partial charge in [0.2, 0.25) is 0 Å². The Hall–Kier alpha value is -5.38. The number of carbonyl (C=O) groups is 2. The van der Waals surface area contributed by atoms with E-state index in [1.165, 1.54) is 28.8 Å². The lowest BCUT2D eigenvalue weighted by molar-refractivity contribution is 0.0930. The van der Waals surface area contributed by atoms with Crippen LogP contribution in [0.3, 0.4) is 0 Å². The Balaban J connectivity index is 1.26. The summed E-state index contributed by atoms with van der Waals surface area (Å²) < 4.78 is 17.7. The molecule has 0 radical (unpaired) electrons. The van der Waals surface area contributed by atoms with E-state index in [2.05, 4.69) is 33.5 Å². The lowest BCUT2D eigenvalue weighted by Gasteiger charge is -2.18. The highest BCUT2D eigenvalue weighted by atomic mass is 35.5. The number of hydrogen-bond donors (Lipinski definition) is 2. The smallest absolute Gasteiger partial charge is 0.268 e. The van der Waals surface area contributed by atoms with E-state index >= 15 is 0 Å². The van der Waals surface area contributed by atoms with E-state index < -0.39 is 17.8 Å². The molecule has 0 saturated heterocycles. The fraction of sp³-hybridized carbons (Fsp3) is 0.152. The van der Waals surface area contributed by atoms with Crippen LogP contribution in [0.25, 0.3) is 5.65 Å². The number of aromatic nitrogens is 3. The first-order chi connectivity index (χ1) is 20.8. The Morgan fingerprint density at radius 2 is 1.88 bits per heavy atom. The fourth-order valence-corrected chi connectivity index (χ4v) is 5.04. The van der Waals surface area contributed by atoms with E-state index in [-0.39, 0.29) is 41.0 Å². The standard InChI is InChI=1S/C33H26ClFN6O2/c1-21-9-10-24(18-23(21)11-12-26-20-38-30-8-3-4-16-41(26)30)32(42)37-15-17-40-25(19-36)13-14-29(40)33(43)39-22(2)31-27(34)6-5-7-28(31)35/h3-10,13-14,16,18,20,22H,15,17H2,1-2H3,(H,37,42)(H,39,43)/t22-/m0/s1. The molecule has 5 aromatic rings. The topological polar surface area (TPSA) is 104 Å².